The maximum absolute atomic E-state index is 9.15. The third-order valence-corrected chi connectivity index (χ3v) is 16.4. The van der Waals surface area contributed by atoms with Crippen LogP contribution >= 0.6 is 0 Å². The first-order valence-corrected chi connectivity index (χ1v) is 29.8. The van der Waals surface area contributed by atoms with Gasteiger partial charge >= 0.3 is 0 Å². The van der Waals surface area contributed by atoms with Crippen LogP contribution in [0.4, 0.5) is 22.7 Å². The Morgan fingerprint density at radius 3 is 1.53 bits per heavy atom. The van der Waals surface area contributed by atoms with Crippen molar-refractivity contribution in [2.75, 3.05) is 9.80 Å². The van der Waals surface area contributed by atoms with E-state index in [0.717, 1.165) is 49.9 Å². The molecule has 448 valence electrons. The Labute approximate surface area is 554 Å². The standard InChI is InChI=1S/C82H75N4O2.Pt/c1-79(2,3)58-37-33-56(34-38-58)69-48-61(82(10,11)12)49-70(57-35-39-59(40-36-57)80(4,5)6)78(69)88-65-45-46-83-76(52-65)86-72-44-41-60(81(7,8)9)47-71(72)68-43-42-64(51-75(68)86)87-63-28-21-27-62(50-63)84-53-85(74-32-20-19-31-73(74)84)77-66(54-23-15-13-16-24-54)29-22-30-67(77)55-25-17-14-18-26-55;/h13-49,52-53H,1-12H3;/q-3;/i13D,14D,15D,16D,17D,18D,23D,24D,25D,26D;. The average molecular weight is 1350 g/mol. The van der Waals surface area contributed by atoms with Crippen molar-refractivity contribution in [1.29, 1.82) is 0 Å². The molecule has 0 radical (unpaired) electrons. The van der Waals surface area contributed by atoms with E-state index in [1.54, 1.807) is 42.0 Å². The smallest absolute Gasteiger partial charge is 0.143 e. The molecule has 3 heterocycles. The van der Waals surface area contributed by atoms with Crippen LogP contribution in [-0.4, -0.2) is 9.55 Å². The van der Waals surface area contributed by atoms with Gasteiger partial charge in [-0.1, -0.05) is 240 Å². The summed E-state index contributed by atoms with van der Waals surface area (Å²) >= 11 is 0. The van der Waals surface area contributed by atoms with Crippen LogP contribution < -0.4 is 19.3 Å². The molecule has 0 saturated heterocycles. The first-order valence-electron chi connectivity index (χ1n) is 34.8. The van der Waals surface area contributed by atoms with Crippen molar-refractivity contribution >= 4 is 44.6 Å². The van der Waals surface area contributed by atoms with Gasteiger partial charge in [0.2, 0.25) is 0 Å². The Bertz CT molecular complexity index is 4970. The van der Waals surface area contributed by atoms with Gasteiger partial charge in [0.05, 0.1) is 13.7 Å². The SMILES string of the molecule is [2H]c1c([2H])c([2H])c(-c2cccc(-c3c([2H])c([2H])c([2H])c([2H])c3[2H])c2N2[CH-]N(c3[c-]c(Oc4[c-]c5c(cc4)c4cc(C(C)(C)C)ccc4n5-c4cc(Oc5c(-c6ccc(C(C)(C)C)cc6)cc(C(C)(C)C)cc5-c5ccc(C(C)(C)C)cc5)ccn4)ccc3)c3ccccc32)c([2H])c1[2H].[Pt]. The normalized spacial score (nSPS) is 14.3. The number of hydrogen-bond acceptors (Lipinski definition) is 5. The van der Waals surface area contributed by atoms with Gasteiger partial charge < -0.3 is 23.8 Å². The summed E-state index contributed by atoms with van der Waals surface area (Å²) in [4.78, 5) is 8.70. The van der Waals surface area contributed by atoms with Gasteiger partial charge in [-0.25, -0.2) is 4.98 Å². The van der Waals surface area contributed by atoms with Crippen molar-refractivity contribution in [3.63, 3.8) is 0 Å². The molecule has 0 N–H and O–H groups in total. The third kappa shape index (κ3) is 12.0. The van der Waals surface area contributed by atoms with Crippen LogP contribution in [-0.2, 0) is 42.7 Å². The number of para-hydroxylation sites is 3. The van der Waals surface area contributed by atoms with E-state index in [-0.39, 0.29) is 70.7 Å². The number of pyridine rings is 1. The van der Waals surface area contributed by atoms with Crippen LogP contribution in [0.15, 0.2) is 230 Å². The van der Waals surface area contributed by atoms with Crippen LogP contribution in [0.1, 0.15) is 119 Å². The molecule has 0 saturated carbocycles. The molecule has 0 amide bonds. The fraction of sp³-hybridized carbons (Fsp3) is 0.195. The first-order chi connectivity index (χ1) is 46.3. The second kappa shape index (κ2) is 23.5. The molecular formula is C82H75N4O2Pt-3. The molecule has 0 bridgehead atoms. The van der Waals surface area contributed by atoms with Crippen molar-refractivity contribution in [2.45, 2.75) is 105 Å². The van der Waals surface area contributed by atoms with E-state index in [1.807, 2.05) is 65.6 Å². The molecule has 2 aromatic heterocycles. The second-order valence-corrected chi connectivity index (χ2v) is 26.7. The molecule has 0 spiro atoms. The van der Waals surface area contributed by atoms with E-state index in [9.17, 15) is 0 Å². The van der Waals surface area contributed by atoms with Crippen LogP contribution in [0.25, 0.3) is 72.1 Å². The van der Waals surface area contributed by atoms with E-state index >= 15 is 0 Å². The summed E-state index contributed by atoms with van der Waals surface area (Å²) in [5.74, 6) is 2.64. The maximum Gasteiger partial charge on any atom is 0.143 e. The van der Waals surface area contributed by atoms with Crippen LogP contribution in [0.3, 0.4) is 0 Å². The van der Waals surface area contributed by atoms with Crippen molar-refractivity contribution in [3.8, 4) is 73.3 Å². The Morgan fingerprint density at radius 1 is 0.438 bits per heavy atom. The van der Waals surface area contributed by atoms with Gasteiger partial charge in [-0.15, -0.1) is 48.1 Å². The molecule has 0 unspecified atom stereocenters. The zero-order valence-corrected chi connectivity index (χ0v) is 54.4. The summed E-state index contributed by atoms with van der Waals surface area (Å²) in [6.07, 6.45) is 1.78. The summed E-state index contributed by atoms with van der Waals surface area (Å²) in [7, 11) is 0. The van der Waals surface area contributed by atoms with Gasteiger partial charge in [-0.05, 0) is 108 Å². The molecule has 0 fully saturated rings. The van der Waals surface area contributed by atoms with E-state index in [1.165, 1.54) is 16.7 Å². The van der Waals surface area contributed by atoms with Crippen LogP contribution in [0.2, 0.25) is 0 Å². The Morgan fingerprint density at radius 2 is 0.966 bits per heavy atom. The largest absolute Gasteiger partial charge is 0.509 e. The zero-order valence-electron chi connectivity index (χ0n) is 62.2. The van der Waals surface area contributed by atoms with Gasteiger partial charge in [0, 0.05) is 89.7 Å². The van der Waals surface area contributed by atoms with Gasteiger partial charge in [0.1, 0.15) is 17.3 Å². The molecule has 13 rings (SSSR count). The maximum atomic E-state index is 9.15. The average Bonchev–Trinajstić information content (AvgIpc) is 1.68. The quantitative estimate of drug-likeness (QED) is 0.121. The molecule has 12 aromatic rings. The first kappa shape index (κ1) is 49.0. The number of ether oxygens (including phenoxy) is 2. The number of hydrogen-bond donors (Lipinski definition) is 0. The summed E-state index contributed by atoms with van der Waals surface area (Å²) in [6.45, 7) is 28.5. The Kier molecular flexibility index (Phi) is 12.9. The number of rotatable bonds is 11. The van der Waals surface area contributed by atoms with Crippen molar-refractivity contribution in [2.24, 2.45) is 0 Å². The van der Waals surface area contributed by atoms with Gasteiger partial charge in [-0.2, -0.15) is 12.1 Å². The number of fused-ring (bicyclic) bond motifs is 4. The summed E-state index contributed by atoms with van der Waals surface area (Å²) in [6, 6.07) is 56.3. The second-order valence-electron chi connectivity index (χ2n) is 26.7. The minimum Gasteiger partial charge on any atom is -0.509 e. The fourth-order valence-corrected chi connectivity index (χ4v) is 11.5. The number of nitrogens with zero attached hydrogens (tertiary/aromatic N) is 4. The number of benzene rings is 10. The van der Waals surface area contributed by atoms with Crippen LogP contribution in [0, 0.1) is 18.8 Å². The molecule has 0 atom stereocenters. The minimum atomic E-state index is -0.574. The predicted octanol–water partition coefficient (Wildman–Crippen LogP) is 22.6. The molecule has 1 aliphatic heterocycles. The molecule has 89 heavy (non-hydrogen) atoms. The molecule has 10 aromatic carbocycles. The Hall–Kier alpha value is -8.96. The fourth-order valence-electron chi connectivity index (χ4n) is 11.5. The molecule has 0 aliphatic carbocycles. The van der Waals surface area contributed by atoms with Gasteiger partial charge in [0.25, 0.3) is 0 Å². The van der Waals surface area contributed by atoms with Crippen molar-refractivity contribution in [1.82, 2.24) is 9.55 Å². The van der Waals surface area contributed by atoms with Crippen molar-refractivity contribution < 1.29 is 44.2 Å². The molecule has 1 aliphatic rings. The number of anilines is 4. The topological polar surface area (TPSA) is 42.8 Å². The van der Waals surface area contributed by atoms with E-state index < -0.39 is 60.4 Å². The third-order valence-electron chi connectivity index (χ3n) is 16.4. The van der Waals surface area contributed by atoms with Gasteiger partial charge in [0.15, 0.2) is 0 Å². The minimum absolute atomic E-state index is 0. The van der Waals surface area contributed by atoms with E-state index in [0.29, 0.717) is 45.6 Å². The predicted molar refractivity (Wildman–Crippen MR) is 367 cm³/mol. The molecule has 6 nitrogen and oxygen atoms in total. The number of aromatic nitrogens is 2. The molecule has 7 heteroatoms. The zero-order chi connectivity index (χ0) is 70.0. The summed E-state index contributed by atoms with van der Waals surface area (Å²) in [5.41, 5.74) is 12.0. The summed E-state index contributed by atoms with van der Waals surface area (Å²) in [5, 5.41) is 1.94. The van der Waals surface area contributed by atoms with Crippen LogP contribution in [0.5, 0.6) is 23.0 Å². The molecular weight excluding hydrogens is 1270 g/mol. The van der Waals surface area contributed by atoms with E-state index in [2.05, 4.69) is 179 Å². The monoisotopic (exact) mass is 1350 g/mol. The van der Waals surface area contributed by atoms with Gasteiger partial charge in [-0.3, -0.25) is 0 Å². The van der Waals surface area contributed by atoms with Crippen molar-refractivity contribution in [3.05, 3.63) is 271 Å². The summed E-state index contributed by atoms with van der Waals surface area (Å²) < 4.78 is 105. The Balaban J connectivity index is 0.00000931. The van der Waals surface area contributed by atoms with E-state index in [4.69, 9.17) is 28.2 Å².